The van der Waals surface area contributed by atoms with E-state index in [0.29, 0.717) is 36.1 Å². The molecular weight excluding hydrogens is 811 g/mol. The van der Waals surface area contributed by atoms with Crippen molar-refractivity contribution >= 4 is 40.3 Å². The normalized spacial score (nSPS) is 14.9. The lowest BCUT2D eigenvalue weighted by atomic mass is 10.1. The van der Waals surface area contributed by atoms with Crippen LogP contribution < -0.4 is 10.6 Å². The molecule has 0 saturated carbocycles. The highest BCUT2D eigenvalue weighted by atomic mass is 32.2. The Labute approximate surface area is 374 Å². The number of aromatic nitrogens is 4. The zero-order valence-corrected chi connectivity index (χ0v) is 41.0. The number of amides is 3. The first-order chi connectivity index (χ1) is 29.4. The molecule has 1 atom stereocenters. The summed E-state index contributed by atoms with van der Waals surface area (Å²) in [6, 6.07) is 3.89. The van der Waals surface area contributed by atoms with Crippen LogP contribution in [-0.2, 0) is 35.5 Å². The topological polar surface area (TPSA) is 144 Å². The minimum Gasteiger partial charge on any atom is -0.347 e. The fraction of sp³-hybridized carbons (Fsp3) is 0.638. The number of aliphatic imine (C=N–C) groups is 1. The summed E-state index contributed by atoms with van der Waals surface area (Å²) in [6.07, 6.45) is 7.68. The summed E-state index contributed by atoms with van der Waals surface area (Å²) in [7, 11) is 3.22. The summed E-state index contributed by atoms with van der Waals surface area (Å²) in [4.78, 5) is 63.0. The van der Waals surface area contributed by atoms with Crippen molar-refractivity contribution < 1.29 is 28.0 Å². The first kappa shape index (κ1) is 55.6. The minimum absolute atomic E-state index is 0.0488. The maximum atomic E-state index is 13.7. The van der Waals surface area contributed by atoms with E-state index in [4.69, 9.17) is 0 Å². The van der Waals surface area contributed by atoms with E-state index in [9.17, 15) is 28.0 Å². The highest BCUT2D eigenvalue weighted by Crippen LogP contribution is 2.29. The van der Waals surface area contributed by atoms with Crippen LogP contribution in [0.5, 0.6) is 0 Å². The van der Waals surface area contributed by atoms with Crippen molar-refractivity contribution in [3.05, 3.63) is 58.4 Å². The van der Waals surface area contributed by atoms with E-state index < -0.39 is 17.5 Å². The second kappa shape index (κ2) is 29.1. The van der Waals surface area contributed by atoms with Crippen LogP contribution in [-0.4, -0.2) is 91.5 Å². The molecule has 0 aliphatic carbocycles. The third-order valence-corrected chi connectivity index (χ3v) is 9.94. The molecule has 2 aromatic heterocycles. The number of likely N-dealkylation sites (N-methyl/N-ethyl adjacent to an activating group) is 1. The summed E-state index contributed by atoms with van der Waals surface area (Å²) < 4.78 is 31.1. The van der Waals surface area contributed by atoms with Gasteiger partial charge in [-0.05, 0) is 82.4 Å². The quantitative estimate of drug-likeness (QED) is 0.229. The van der Waals surface area contributed by atoms with E-state index in [1.165, 1.54) is 17.9 Å². The first-order valence-corrected chi connectivity index (χ1v) is 23.5. The number of hydrogen-bond acceptors (Lipinski definition) is 8. The zero-order valence-electron chi connectivity index (χ0n) is 40.1. The number of ketones is 1. The van der Waals surface area contributed by atoms with Gasteiger partial charge in [-0.15, -0.1) is 11.8 Å². The van der Waals surface area contributed by atoms with Crippen LogP contribution in [0, 0.1) is 23.5 Å². The maximum absolute atomic E-state index is 13.7. The van der Waals surface area contributed by atoms with Crippen LogP contribution in [0.2, 0.25) is 0 Å². The molecule has 3 amide bonds. The van der Waals surface area contributed by atoms with E-state index in [1.807, 2.05) is 32.3 Å². The Morgan fingerprint density at radius 1 is 0.742 bits per heavy atom. The number of benzene rings is 1. The van der Waals surface area contributed by atoms with E-state index in [1.54, 1.807) is 25.9 Å². The van der Waals surface area contributed by atoms with Crippen molar-refractivity contribution in [2.45, 2.75) is 154 Å². The van der Waals surface area contributed by atoms with E-state index in [0.717, 1.165) is 103 Å². The molecule has 6 rings (SSSR count). The second-order valence-corrected chi connectivity index (χ2v) is 17.4. The molecule has 2 N–H and O–H groups in total. The van der Waals surface area contributed by atoms with Crippen molar-refractivity contribution in [3.8, 4) is 11.4 Å². The Morgan fingerprint density at radius 3 is 1.65 bits per heavy atom. The van der Waals surface area contributed by atoms with Crippen LogP contribution in [0.3, 0.4) is 0 Å². The van der Waals surface area contributed by atoms with E-state index in [-0.39, 0.29) is 36.4 Å². The summed E-state index contributed by atoms with van der Waals surface area (Å²) in [5, 5.41) is 6.20. The lowest BCUT2D eigenvalue weighted by Crippen LogP contribution is -2.36. The molecule has 0 bridgehead atoms. The molecule has 0 fully saturated rings. The molecule has 3 aromatic rings. The van der Waals surface area contributed by atoms with E-state index >= 15 is 0 Å². The molecule has 0 radical (unpaired) electrons. The van der Waals surface area contributed by atoms with Gasteiger partial charge >= 0.3 is 0 Å². The zero-order chi connectivity index (χ0) is 47.1. The predicted molar refractivity (Wildman–Crippen MR) is 251 cm³/mol. The van der Waals surface area contributed by atoms with Gasteiger partial charge in [0.1, 0.15) is 28.0 Å². The third kappa shape index (κ3) is 18.1. The standard InChI is InChI=1S/C19H22F2N4O2.C16H22N4O2S.2C4H10.2C2H6/c1-24(2)16(26)11-22-19(27)17-15-6-4-3-5-9-25(15)18(23-17)12-7-8-13(20)14(21)10-12;1-10-9-23-16(18-10)14-19-13(15(22)17-8-11(2)21)12-6-4-3-5-7-20(12)14;2*1-4(2)3;2*1-2/h7-8,10H,3-6,9,11H2,1-2H3,(H,22,27);10H,3-9H2,1-2H3,(H,17,22);2*4H,1-3H3;2*1-2H3. The molecule has 348 valence electrons. The lowest BCUT2D eigenvalue weighted by Gasteiger charge is -2.11. The smallest absolute Gasteiger partial charge is 0.272 e. The van der Waals surface area contributed by atoms with Crippen LogP contribution in [0.15, 0.2) is 23.2 Å². The minimum atomic E-state index is -0.957. The third-order valence-electron chi connectivity index (χ3n) is 8.73. The largest absolute Gasteiger partial charge is 0.347 e. The molecule has 5 heterocycles. The molecule has 0 saturated heterocycles. The fourth-order valence-electron chi connectivity index (χ4n) is 6.10. The van der Waals surface area contributed by atoms with Gasteiger partial charge in [0, 0.05) is 38.5 Å². The number of nitrogens with zero attached hydrogens (tertiary/aromatic N) is 6. The number of nitrogens with one attached hydrogen (secondary N) is 2. The Hall–Kier alpha value is -4.40. The average Bonchev–Trinajstić information content (AvgIpc) is 3.79. The number of thioether (sulfide) groups is 1. The van der Waals surface area contributed by atoms with Gasteiger partial charge in [-0.25, -0.2) is 18.7 Å². The molecule has 12 nitrogen and oxygen atoms in total. The number of Topliss-reactive ketones (excluding diaryl/α,β-unsaturated/α-hetero) is 1. The summed E-state index contributed by atoms with van der Waals surface area (Å²) in [5.74, 6) is 1.02. The van der Waals surface area contributed by atoms with Crippen molar-refractivity contribution in [3.63, 3.8) is 0 Å². The molecule has 1 aromatic carbocycles. The molecule has 0 spiro atoms. The van der Waals surface area contributed by atoms with Crippen molar-refractivity contribution in [2.75, 3.05) is 32.9 Å². The Bertz CT molecular complexity index is 1890. The fourth-order valence-corrected chi connectivity index (χ4v) is 7.12. The van der Waals surface area contributed by atoms with Crippen molar-refractivity contribution in [1.82, 2.24) is 34.6 Å². The molecule has 3 aliphatic rings. The van der Waals surface area contributed by atoms with Gasteiger partial charge in [-0.3, -0.25) is 24.2 Å². The van der Waals surface area contributed by atoms with Crippen molar-refractivity contribution in [1.29, 1.82) is 0 Å². The van der Waals surface area contributed by atoms with Crippen LogP contribution in [0.25, 0.3) is 11.4 Å². The number of rotatable bonds is 8. The summed E-state index contributed by atoms with van der Waals surface area (Å²) in [6.45, 7) is 26.0. The van der Waals surface area contributed by atoms with Gasteiger partial charge in [0.15, 0.2) is 17.5 Å². The summed E-state index contributed by atoms with van der Waals surface area (Å²) in [5.41, 5.74) is 2.87. The monoisotopic (exact) mass is 887 g/mol. The highest BCUT2D eigenvalue weighted by Gasteiger charge is 2.29. The lowest BCUT2D eigenvalue weighted by molar-refractivity contribution is -0.127. The summed E-state index contributed by atoms with van der Waals surface area (Å²) >= 11 is 1.71. The molecule has 3 aliphatic heterocycles. The maximum Gasteiger partial charge on any atom is 0.272 e. The number of hydrogen-bond donors (Lipinski definition) is 2. The predicted octanol–water partition coefficient (Wildman–Crippen LogP) is 9.56. The SMILES string of the molecule is CC.CC.CC(=O)CNC(=O)c1nc(C2=NC(C)CS2)n2c1CCCCC2.CC(C)C.CC(C)C.CN(C)C(=O)CNC(=O)c1nc(-c2ccc(F)c(F)c2)n2c1CCCCC2. The Morgan fingerprint density at radius 2 is 1.21 bits per heavy atom. The van der Waals surface area contributed by atoms with Gasteiger partial charge < -0.3 is 24.7 Å². The second-order valence-electron chi connectivity index (χ2n) is 16.4. The highest BCUT2D eigenvalue weighted by molar-refractivity contribution is 8.14. The van der Waals surface area contributed by atoms with Gasteiger partial charge in [0.05, 0.1) is 30.5 Å². The van der Waals surface area contributed by atoms with Gasteiger partial charge in [0.2, 0.25) is 5.91 Å². The first-order valence-electron chi connectivity index (χ1n) is 22.5. The Balaban J connectivity index is 0.000000498. The number of fused-ring (bicyclic) bond motifs is 2. The molecule has 1 unspecified atom stereocenters. The molecular formula is C47H76F2N8O4S. The van der Waals surface area contributed by atoms with Gasteiger partial charge in [-0.2, -0.15) is 0 Å². The van der Waals surface area contributed by atoms with Crippen molar-refractivity contribution in [2.24, 2.45) is 16.8 Å². The van der Waals surface area contributed by atoms with Gasteiger partial charge in [-0.1, -0.05) is 82.1 Å². The Kier molecular flexibility index (Phi) is 26.1. The number of halogens is 2. The van der Waals surface area contributed by atoms with Crippen LogP contribution in [0.1, 0.15) is 160 Å². The van der Waals surface area contributed by atoms with Crippen LogP contribution >= 0.6 is 11.8 Å². The van der Waals surface area contributed by atoms with E-state index in [2.05, 4.69) is 78.6 Å². The number of imidazole rings is 2. The van der Waals surface area contributed by atoms with Gasteiger partial charge in [0.25, 0.3) is 11.8 Å². The number of carbonyl (C=O) groups excluding carboxylic acids is 4. The molecule has 15 heteroatoms. The molecule has 62 heavy (non-hydrogen) atoms. The number of carbonyl (C=O) groups is 4. The average molecular weight is 887 g/mol. The van der Waals surface area contributed by atoms with Crippen LogP contribution in [0.4, 0.5) is 8.78 Å².